The van der Waals surface area contributed by atoms with E-state index in [2.05, 4.69) is 46.4 Å². The molecule has 0 aliphatic carbocycles. The van der Waals surface area contributed by atoms with Gasteiger partial charge in [0.2, 0.25) is 0 Å². The van der Waals surface area contributed by atoms with Crippen molar-refractivity contribution in [3.63, 3.8) is 0 Å². The average molecular weight is 338 g/mol. The highest BCUT2D eigenvalue weighted by Gasteiger charge is 2.16. The van der Waals surface area contributed by atoms with E-state index < -0.39 is 0 Å². The minimum atomic E-state index is 0.780. The van der Waals surface area contributed by atoms with E-state index in [1.807, 2.05) is 34.6 Å². The highest BCUT2D eigenvalue weighted by molar-refractivity contribution is 6.06. The summed E-state index contributed by atoms with van der Waals surface area (Å²) in [5, 5.41) is 14.5. The van der Waals surface area contributed by atoms with Crippen molar-refractivity contribution in [2.75, 3.05) is 32.5 Å². The fourth-order valence-corrected chi connectivity index (χ4v) is 3.08. The SMILES string of the molecule is CCn1ncc2c1ncc1c(NCCN(C)C)nc3cc(C)nn3c12. The lowest BCUT2D eigenvalue weighted by molar-refractivity contribution is 0.425. The number of fused-ring (bicyclic) bond motifs is 5. The predicted octanol–water partition coefficient (Wildman–Crippen LogP) is 1.93. The van der Waals surface area contributed by atoms with Crippen LogP contribution < -0.4 is 5.32 Å². The molecule has 4 rings (SSSR count). The van der Waals surface area contributed by atoms with E-state index in [-0.39, 0.29) is 0 Å². The number of nitrogens with zero attached hydrogens (tertiary/aromatic N) is 7. The van der Waals surface area contributed by atoms with Crippen LogP contribution in [-0.2, 0) is 6.54 Å². The first-order chi connectivity index (χ1) is 12.1. The lowest BCUT2D eigenvalue weighted by Gasteiger charge is -2.13. The van der Waals surface area contributed by atoms with E-state index >= 15 is 0 Å². The van der Waals surface area contributed by atoms with Gasteiger partial charge in [-0.15, -0.1) is 0 Å². The van der Waals surface area contributed by atoms with E-state index in [1.54, 1.807) is 0 Å². The molecule has 130 valence electrons. The first-order valence-electron chi connectivity index (χ1n) is 8.47. The molecule has 0 saturated heterocycles. The smallest absolute Gasteiger partial charge is 0.159 e. The van der Waals surface area contributed by atoms with Crippen LogP contribution in [0.25, 0.3) is 27.6 Å². The van der Waals surface area contributed by atoms with Gasteiger partial charge < -0.3 is 10.2 Å². The lowest BCUT2D eigenvalue weighted by atomic mass is 10.2. The second kappa shape index (κ2) is 5.96. The summed E-state index contributed by atoms with van der Waals surface area (Å²) in [4.78, 5) is 11.5. The number of nitrogens with one attached hydrogen (secondary N) is 1. The Morgan fingerprint density at radius 2 is 2.04 bits per heavy atom. The van der Waals surface area contributed by atoms with Crippen molar-refractivity contribution >= 4 is 33.4 Å². The Labute approximate surface area is 145 Å². The molecule has 8 nitrogen and oxygen atoms in total. The predicted molar refractivity (Wildman–Crippen MR) is 99.0 cm³/mol. The van der Waals surface area contributed by atoms with Crippen LogP contribution in [0.1, 0.15) is 12.6 Å². The van der Waals surface area contributed by atoms with Gasteiger partial charge in [0.1, 0.15) is 5.82 Å². The van der Waals surface area contributed by atoms with E-state index in [0.29, 0.717) is 0 Å². The number of hydrogen-bond acceptors (Lipinski definition) is 6. The zero-order chi connectivity index (χ0) is 17.6. The molecule has 0 aromatic carbocycles. The number of rotatable bonds is 5. The first-order valence-corrected chi connectivity index (χ1v) is 8.47. The molecule has 0 amide bonds. The Morgan fingerprint density at radius 3 is 2.80 bits per heavy atom. The molecule has 1 N–H and O–H groups in total. The highest BCUT2D eigenvalue weighted by Crippen LogP contribution is 2.28. The third-order valence-corrected chi connectivity index (χ3v) is 4.29. The summed E-state index contributed by atoms with van der Waals surface area (Å²) in [7, 11) is 4.11. The normalized spacial score (nSPS) is 12.0. The average Bonchev–Trinajstić information content (AvgIpc) is 3.16. The summed E-state index contributed by atoms with van der Waals surface area (Å²) >= 11 is 0. The summed E-state index contributed by atoms with van der Waals surface area (Å²) in [6.07, 6.45) is 3.74. The number of anilines is 1. The van der Waals surface area contributed by atoms with Crippen LogP contribution in [0.15, 0.2) is 18.5 Å². The van der Waals surface area contributed by atoms with Crippen LogP contribution in [0.2, 0.25) is 0 Å². The molecule has 0 atom stereocenters. The van der Waals surface area contributed by atoms with Crippen LogP contribution in [0.5, 0.6) is 0 Å². The molecule has 0 aliphatic heterocycles. The van der Waals surface area contributed by atoms with Crippen molar-refractivity contribution < 1.29 is 0 Å². The Bertz CT molecular complexity index is 1060. The third kappa shape index (κ3) is 2.58. The summed E-state index contributed by atoms with van der Waals surface area (Å²) in [6.45, 7) is 6.56. The van der Waals surface area contributed by atoms with Crippen molar-refractivity contribution in [2.45, 2.75) is 20.4 Å². The molecule has 4 aromatic rings. The second-order valence-electron chi connectivity index (χ2n) is 6.46. The van der Waals surface area contributed by atoms with E-state index in [9.17, 15) is 0 Å². The number of pyridine rings is 1. The maximum Gasteiger partial charge on any atom is 0.159 e. The number of likely N-dealkylation sites (N-methyl/N-ethyl adjacent to an activating group) is 1. The Morgan fingerprint density at radius 1 is 1.20 bits per heavy atom. The summed E-state index contributed by atoms with van der Waals surface area (Å²) in [5.41, 5.74) is 3.63. The maximum atomic E-state index is 4.76. The van der Waals surface area contributed by atoms with E-state index in [0.717, 1.165) is 58.7 Å². The van der Waals surface area contributed by atoms with Crippen molar-refractivity contribution in [3.8, 4) is 0 Å². The van der Waals surface area contributed by atoms with Crippen molar-refractivity contribution in [1.82, 2.24) is 34.3 Å². The Balaban J connectivity index is 1.98. The van der Waals surface area contributed by atoms with Gasteiger partial charge in [-0.05, 0) is 27.9 Å². The molecule has 0 radical (unpaired) electrons. The van der Waals surface area contributed by atoms with Crippen LogP contribution in [-0.4, -0.2) is 61.4 Å². The van der Waals surface area contributed by atoms with Gasteiger partial charge in [0.05, 0.1) is 28.2 Å². The lowest BCUT2D eigenvalue weighted by Crippen LogP contribution is -2.21. The van der Waals surface area contributed by atoms with Gasteiger partial charge in [0.25, 0.3) is 0 Å². The first kappa shape index (κ1) is 15.8. The topological polar surface area (TPSA) is 76.2 Å². The second-order valence-corrected chi connectivity index (χ2v) is 6.46. The van der Waals surface area contributed by atoms with Gasteiger partial charge in [-0.25, -0.2) is 19.2 Å². The largest absolute Gasteiger partial charge is 0.368 e. The molecule has 0 fully saturated rings. The Hall–Kier alpha value is -2.74. The van der Waals surface area contributed by atoms with Crippen molar-refractivity contribution in [1.29, 1.82) is 0 Å². The van der Waals surface area contributed by atoms with Gasteiger partial charge in [0.15, 0.2) is 11.3 Å². The molecule has 4 aromatic heterocycles. The summed E-state index contributed by atoms with van der Waals surface area (Å²) in [5.74, 6) is 0.836. The number of aryl methyl sites for hydroxylation is 2. The number of aromatic nitrogens is 6. The maximum absolute atomic E-state index is 4.76. The molecule has 25 heavy (non-hydrogen) atoms. The summed E-state index contributed by atoms with van der Waals surface area (Å²) in [6, 6.07) is 1.99. The van der Waals surface area contributed by atoms with E-state index in [1.165, 1.54) is 0 Å². The summed E-state index contributed by atoms with van der Waals surface area (Å²) < 4.78 is 3.80. The minimum Gasteiger partial charge on any atom is -0.368 e. The quantitative estimate of drug-likeness (QED) is 0.599. The molecular formula is C17H22N8. The third-order valence-electron chi connectivity index (χ3n) is 4.29. The van der Waals surface area contributed by atoms with Gasteiger partial charge in [-0.2, -0.15) is 10.2 Å². The minimum absolute atomic E-state index is 0.780. The standard InChI is InChI=1S/C17H22N8/c1-5-24-17-13(10-20-24)15-12(9-19-17)16(18-6-7-23(3)4)21-14-8-11(2)22-25(14)15/h8-10H,5-7H2,1-4H3,(H,18,21). The molecule has 0 aliphatic rings. The molecule has 0 saturated carbocycles. The van der Waals surface area contributed by atoms with Crippen LogP contribution in [0.3, 0.4) is 0 Å². The van der Waals surface area contributed by atoms with Gasteiger partial charge in [0, 0.05) is 31.9 Å². The molecular weight excluding hydrogens is 316 g/mol. The molecule has 0 unspecified atom stereocenters. The van der Waals surface area contributed by atoms with Crippen LogP contribution >= 0.6 is 0 Å². The molecule has 0 spiro atoms. The highest BCUT2D eigenvalue weighted by atomic mass is 15.3. The molecule has 0 bridgehead atoms. The fraction of sp³-hybridized carbons (Fsp3) is 0.412. The zero-order valence-electron chi connectivity index (χ0n) is 15.0. The van der Waals surface area contributed by atoms with Gasteiger partial charge in [-0.1, -0.05) is 0 Å². The van der Waals surface area contributed by atoms with Crippen molar-refractivity contribution in [3.05, 3.63) is 24.2 Å². The monoisotopic (exact) mass is 338 g/mol. The fourth-order valence-electron chi connectivity index (χ4n) is 3.08. The molecule has 4 heterocycles. The van der Waals surface area contributed by atoms with Crippen molar-refractivity contribution in [2.24, 2.45) is 0 Å². The van der Waals surface area contributed by atoms with Gasteiger partial charge >= 0.3 is 0 Å². The Kier molecular flexibility index (Phi) is 3.76. The van der Waals surface area contributed by atoms with Crippen LogP contribution in [0, 0.1) is 6.92 Å². The zero-order valence-corrected chi connectivity index (χ0v) is 15.0. The molecule has 8 heteroatoms. The number of hydrogen-bond donors (Lipinski definition) is 1. The van der Waals surface area contributed by atoms with Gasteiger partial charge in [-0.3, -0.25) is 0 Å². The van der Waals surface area contributed by atoms with E-state index in [4.69, 9.17) is 4.98 Å². The van der Waals surface area contributed by atoms with Crippen LogP contribution in [0.4, 0.5) is 5.82 Å².